The van der Waals surface area contributed by atoms with Crippen LogP contribution in [0.25, 0.3) is 0 Å². The Kier molecular flexibility index (Phi) is 6.46. The maximum atomic E-state index is 12.1. The van der Waals surface area contributed by atoms with Crippen LogP contribution in [-0.2, 0) is 9.59 Å². The van der Waals surface area contributed by atoms with Crippen molar-refractivity contribution in [1.82, 2.24) is 5.32 Å². The van der Waals surface area contributed by atoms with E-state index in [0.717, 1.165) is 12.2 Å². The van der Waals surface area contributed by atoms with E-state index >= 15 is 0 Å². The molecule has 124 valence electrons. The largest absolute Gasteiger partial charge is 0.494 e. The second kappa shape index (κ2) is 8.57. The Balaban J connectivity index is 1.86. The van der Waals surface area contributed by atoms with Crippen molar-refractivity contribution < 1.29 is 14.3 Å². The average molecular weight is 335 g/mol. The van der Waals surface area contributed by atoms with E-state index in [2.05, 4.69) is 15.6 Å². The lowest BCUT2D eigenvalue weighted by Crippen LogP contribution is -2.28. The predicted octanol–water partition coefficient (Wildman–Crippen LogP) is 2.41. The van der Waals surface area contributed by atoms with E-state index in [1.165, 1.54) is 11.8 Å². The van der Waals surface area contributed by atoms with Crippen LogP contribution >= 0.6 is 11.8 Å². The molecule has 1 fully saturated rings. The van der Waals surface area contributed by atoms with Crippen LogP contribution < -0.4 is 15.4 Å². The van der Waals surface area contributed by atoms with Gasteiger partial charge < -0.3 is 15.4 Å². The zero-order valence-corrected chi connectivity index (χ0v) is 14.1. The van der Waals surface area contributed by atoms with Gasteiger partial charge >= 0.3 is 0 Å². The summed E-state index contributed by atoms with van der Waals surface area (Å²) in [4.78, 5) is 28.2. The van der Waals surface area contributed by atoms with Crippen LogP contribution in [0.4, 0.5) is 5.69 Å². The Labute approximate surface area is 140 Å². The molecule has 1 heterocycles. The molecular formula is C16H21N3O3S. The fourth-order valence-corrected chi connectivity index (χ4v) is 3.01. The smallest absolute Gasteiger partial charge is 0.240 e. The molecule has 23 heavy (non-hydrogen) atoms. The van der Waals surface area contributed by atoms with E-state index in [-0.39, 0.29) is 18.2 Å². The molecule has 0 spiro atoms. The Morgan fingerprint density at radius 3 is 2.74 bits per heavy atom. The van der Waals surface area contributed by atoms with Gasteiger partial charge in [-0.05, 0) is 37.6 Å². The van der Waals surface area contributed by atoms with Gasteiger partial charge in [-0.1, -0.05) is 18.7 Å². The minimum Gasteiger partial charge on any atom is -0.494 e. The minimum absolute atomic E-state index is 0.120. The molecule has 1 aliphatic rings. The number of hydrogen-bond donors (Lipinski definition) is 2. The van der Waals surface area contributed by atoms with Gasteiger partial charge in [0, 0.05) is 18.7 Å². The second-order valence-electron chi connectivity index (χ2n) is 4.99. The van der Waals surface area contributed by atoms with Crippen molar-refractivity contribution in [2.75, 3.05) is 18.5 Å². The Morgan fingerprint density at radius 1 is 1.35 bits per heavy atom. The molecule has 1 aliphatic heterocycles. The zero-order chi connectivity index (χ0) is 16.7. The maximum absolute atomic E-state index is 12.1. The van der Waals surface area contributed by atoms with E-state index in [0.29, 0.717) is 24.0 Å². The molecule has 2 rings (SSSR count). The minimum atomic E-state index is -0.423. The highest BCUT2D eigenvalue weighted by atomic mass is 32.2. The highest BCUT2D eigenvalue weighted by Crippen LogP contribution is 2.23. The number of ether oxygens (including phenoxy) is 1. The van der Waals surface area contributed by atoms with Crippen LogP contribution in [0.2, 0.25) is 0 Å². The zero-order valence-electron chi connectivity index (χ0n) is 13.3. The third-order valence-corrected chi connectivity index (χ3v) is 4.20. The summed E-state index contributed by atoms with van der Waals surface area (Å²) in [6, 6.07) is 7.15. The first kappa shape index (κ1) is 17.3. The summed E-state index contributed by atoms with van der Waals surface area (Å²) in [5.74, 6) is 0.401. The van der Waals surface area contributed by atoms with Crippen molar-refractivity contribution in [3.8, 4) is 5.75 Å². The SMILES string of the molecule is CCCN=C1NC(=O)[C@@H](CC(=O)Nc2ccc(OCC)cc2)S1. The van der Waals surface area contributed by atoms with Crippen molar-refractivity contribution in [3.05, 3.63) is 24.3 Å². The van der Waals surface area contributed by atoms with Gasteiger partial charge in [0.05, 0.1) is 6.61 Å². The van der Waals surface area contributed by atoms with Crippen LogP contribution in [0, 0.1) is 0 Å². The van der Waals surface area contributed by atoms with Crippen molar-refractivity contribution >= 4 is 34.4 Å². The molecule has 0 bridgehead atoms. The van der Waals surface area contributed by atoms with Crippen LogP contribution in [-0.4, -0.2) is 35.4 Å². The van der Waals surface area contributed by atoms with Crippen LogP contribution in [0.5, 0.6) is 5.75 Å². The number of nitrogens with zero attached hydrogens (tertiary/aromatic N) is 1. The van der Waals surface area contributed by atoms with Gasteiger partial charge in [0.25, 0.3) is 0 Å². The molecular weight excluding hydrogens is 314 g/mol. The normalized spacial score (nSPS) is 18.8. The number of thioether (sulfide) groups is 1. The monoisotopic (exact) mass is 335 g/mol. The van der Waals surface area contributed by atoms with Crippen LogP contribution in [0.15, 0.2) is 29.3 Å². The molecule has 2 amide bonds. The summed E-state index contributed by atoms with van der Waals surface area (Å²) in [6.45, 7) is 5.21. The molecule has 6 nitrogen and oxygen atoms in total. The van der Waals surface area contributed by atoms with Crippen LogP contribution in [0.3, 0.4) is 0 Å². The molecule has 1 atom stereocenters. The number of aliphatic imine (C=N–C) groups is 1. The molecule has 0 radical (unpaired) electrons. The Bertz CT molecular complexity index is 587. The summed E-state index contributed by atoms with van der Waals surface area (Å²) in [7, 11) is 0. The first-order valence-corrected chi connectivity index (χ1v) is 8.55. The number of nitrogens with one attached hydrogen (secondary N) is 2. The first-order chi connectivity index (χ1) is 11.1. The number of amidine groups is 1. The van der Waals surface area contributed by atoms with E-state index in [1.807, 2.05) is 13.8 Å². The number of rotatable bonds is 7. The Hall–Kier alpha value is -2.02. The quantitative estimate of drug-likeness (QED) is 0.802. The highest BCUT2D eigenvalue weighted by molar-refractivity contribution is 8.15. The second-order valence-corrected chi connectivity index (χ2v) is 6.18. The van der Waals surface area contributed by atoms with Gasteiger partial charge in [-0.2, -0.15) is 0 Å². The summed E-state index contributed by atoms with van der Waals surface area (Å²) in [5.41, 5.74) is 0.682. The fraction of sp³-hybridized carbons (Fsp3) is 0.438. The summed E-state index contributed by atoms with van der Waals surface area (Å²) in [5, 5.41) is 5.68. The molecule has 1 saturated heterocycles. The van der Waals surface area contributed by atoms with Gasteiger partial charge in [0.2, 0.25) is 11.8 Å². The average Bonchev–Trinajstić information content (AvgIpc) is 2.87. The molecule has 2 N–H and O–H groups in total. The summed E-state index contributed by atoms with van der Waals surface area (Å²) >= 11 is 1.32. The number of carbonyl (C=O) groups excluding carboxylic acids is 2. The van der Waals surface area contributed by atoms with Gasteiger partial charge in [-0.3, -0.25) is 14.6 Å². The van der Waals surface area contributed by atoms with E-state index in [1.54, 1.807) is 24.3 Å². The van der Waals surface area contributed by atoms with Crippen molar-refractivity contribution in [3.63, 3.8) is 0 Å². The third-order valence-electron chi connectivity index (χ3n) is 3.08. The van der Waals surface area contributed by atoms with Crippen molar-refractivity contribution in [2.45, 2.75) is 31.9 Å². The number of hydrogen-bond acceptors (Lipinski definition) is 5. The lowest BCUT2D eigenvalue weighted by molar-refractivity contribution is -0.122. The van der Waals surface area contributed by atoms with Crippen molar-refractivity contribution in [1.29, 1.82) is 0 Å². The van der Waals surface area contributed by atoms with Gasteiger partial charge in [-0.25, -0.2) is 0 Å². The lowest BCUT2D eigenvalue weighted by atomic mass is 10.2. The Morgan fingerprint density at radius 2 is 2.09 bits per heavy atom. The number of carbonyl (C=O) groups is 2. The molecule has 1 aromatic carbocycles. The molecule has 0 aliphatic carbocycles. The van der Waals surface area contributed by atoms with E-state index in [9.17, 15) is 9.59 Å². The molecule has 0 unspecified atom stereocenters. The number of benzene rings is 1. The van der Waals surface area contributed by atoms with E-state index in [4.69, 9.17) is 4.74 Å². The molecule has 7 heteroatoms. The van der Waals surface area contributed by atoms with Crippen molar-refractivity contribution in [2.24, 2.45) is 4.99 Å². The van der Waals surface area contributed by atoms with Gasteiger partial charge in [-0.15, -0.1) is 0 Å². The topological polar surface area (TPSA) is 79.8 Å². The van der Waals surface area contributed by atoms with E-state index < -0.39 is 5.25 Å². The number of anilines is 1. The summed E-state index contributed by atoms with van der Waals surface area (Å²) in [6.07, 6.45) is 1.04. The number of amides is 2. The first-order valence-electron chi connectivity index (χ1n) is 7.67. The highest BCUT2D eigenvalue weighted by Gasteiger charge is 2.31. The standard InChI is InChI=1S/C16H21N3O3S/c1-3-9-17-16-19-15(21)13(23-16)10-14(20)18-11-5-7-12(8-6-11)22-4-2/h5-8,13H,3-4,9-10H2,1-2H3,(H,18,20)(H,17,19,21)/t13-/m1/s1. The van der Waals surface area contributed by atoms with Gasteiger partial charge in [0.15, 0.2) is 5.17 Å². The van der Waals surface area contributed by atoms with Gasteiger partial charge in [0.1, 0.15) is 11.0 Å². The van der Waals surface area contributed by atoms with Crippen LogP contribution in [0.1, 0.15) is 26.7 Å². The molecule has 0 aromatic heterocycles. The summed E-state index contributed by atoms with van der Waals surface area (Å²) < 4.78 is 5.35. The molecule has 0 saturated carbocycles. The third kappa shape index (κ3) is 5.28. The maximum Gasteiger partial charge on any atom is 0.240 e. The lowest BCUT2D eigenvalue weighted by Gasteiger charge is -2.08. The molecule has 1 aromatic rings. The fourth-order valence-electron chi connectivity index (χ4n) is 2.01. The predicted molar refractivity (Wildman–Crippen MR) is 93.0 cm³/mol.